The monoisotopic (exact) mass is 331 g/mol. The molecule has 5 heteroatoms. The van der Waals surface area contributed by atoms with E-state index in [9.17, 15) is 4.39 Å². The lowest BCUT2D eigenvalue weighted by molar-refractivity contribution is -0.914. The van der Waals surface area contributed by atoms with Gasteiger partial charge >= 0.3 is 0 Å². The van der Waals surface area contributed by atoms with Gasteiger partial charge in [0, 0.05) is 5.69 Å². The van der Waals surface area contributed by atoms with Crippen LogP contribution >= 0.6 is 0 Å². The average molecular weight is 331 g/mol. The van der Waals surface area contributed by atoms with Crippen molar-refractivity contribution in [2.45, 2.75) is 6.54 Å². The number of rotatable bonds is 5. The number of hydrogen-bond acceptors (Lipinski definition) is 3. The summed E-state index contributed by atoms with van der Waals surface area (Å²) in [5.41, 5.74) is 2.26. The minimum Gasteiger partial charge on any atom is -0.493 e. The molecular formula is C19H24FN2O2+. The molecule has 0 amide bonds. The number of methoxy groups -OCH3 is 2. The summed E-state index contributed by atoms with van der Waals surface area (Å²) in [6.45, 7) is 4.92. The van der Waals surface area contributed by atoms with Crippen LogP contribution in [-0.4, -0.2) is 40.4 Å². The van der Waals surface area contributed by atoms with Crippen LogP contribution in [-0.2, 0) is 6.54 Å². The summed E-state index contributed by atoms with van der Waals surface area (Å²) in [6.07, 6.45) is 0. The van der Waals surface area contributed by atoms with Crippen molar-refractivity contribution in [2.24, 2.45) is 0 Å². The van der Waals surface area contributed by atoms with E-state index in [2.05, 4.69) is 11.0 Å². The predicted molar refractivity (Wildman–Crippen MR) is 92.6 cm³/mol. The van der Waals surface area contributed by atoms with Crippen molar-refractivity contribution in [1.29, 1.82) is 0 Å². The third-order valence-electron chi connectivity index (χ3n) is 4.59. The SMILES string of the molecule is COc1cccc(C[NH+]2CCN(c3ccc(F)cc3)CC2)c1OC. The summed E-state index contributed by atoms with van der Waals surface area (Å²) in [5.74, 6) is 1.42. The van der Waals surface area contributed by atoms with Gasteiger partial charge in [-0.25, -0.2) is 4.39 Å². The standard InChI is InChI=1S/C19H23FN2O2/c1-23-18-5-3-4-15(19(18)24-2)14-21-10-12-22(13-11-21)17-8-6-16(20)7-9-17/h3-9H,10-14H2,1-2H3/p+1. The zero-order chi connectivity index (χ0) is 16.9. The van der Waals surface area contributed by atoms with E-state index >= 15 is 0 Å². The van der Waals surface area contributed by atoms with Crippen LogP contribution in [0.3, 0.4) is 0 Å². The number of ether oxygens (including phenoxy) is 2. The van der Waals surface area contributed by atoms with Crippen molar-refractivity contribution in [3.8, 4) is 11.5 Å². The van der Waals surface area contributed by atoms with E-state index in [1.54, 1.807) is 14.2 Å². The van der Waals surface area contributed by atoms with Gasteiger partial charge in [-0.2, -0.15) is 0 Å². The highest BCUT2D eigenvalue weighted by Crippen LogP contribution is 2.30. The second-order valence-electron chi connectivity index (χ2n) is 6.04. The molecule has 1 N–H and O–H groups in total. The molecule has 0 atom stereocenters. The molecule has 1 aliphatic rings. The molecule has 1 heterocycles. The first kappa shape index (κ1) is 16.6. The molecule has 1 aliphatic heterocycles. The number of nitrogens with one attached hydrogen (secondary N) is 1. The molecule has 2 aromatic carbocycles. The van der Waals surface area contributed by atoms with Gasteiger partial charge in [0.25, 0.3) is 0 Å². The molecule has 0 aliphatic carbocycles. The summed E-state index contributed by atoms with van der Waals surface area (Å²) < 4.78 is 24.0. The molecule has 1 fully saturated rings. The van der Waals surface area contributed by atoms with Gasteiger partial charge in [0.15, 0.2) is 11.5 Å². The van der Waals surface area contributed by atoms with Gasteiger partial charge in [0.05, 0.1) is 46.0 Å². The maximum absolute atomic E-state index is 13.0. The number of halogens is 1. The summed E-state index contributed by atoms with van der Waals surface area (Å²) in [6, 6.07) is 12.8. The first-order valence-electron chi connectivity index (χ1n) is 8.25. The van der Waals surface area contributed by atoms with Crippen molar-refractivity contribution >= 4 is 5.69 Å². The Labute approximate surface area is 142 Å². The molecule has 0 saturated carbocycles. The fraction of sp³-hybridized carbons (Fsp3) is 0.368. The number of para-hydroxylation sites is 1. The van der Waals surface area contributed by atoms with Gasteiger partial charge in [-0.05, 0) is 36.4 Å². The van der Waals surface area contributed by atoms with Gasteiger partial charge in [0.1, 0.15) is 12.4 Å². The molecule has 24 heavy (non-hydrogen) atoms. The Hall–Kier alpha value is -2.27. The molecule has 0 bridgehead atoms. The highest BCUT2D eigenvalue weighted by atomic mass is 19.1. The molecule has 0 radical (unpaired) electrons. The first-order chi connectivity index (χ1) is 11.7. The Morgan fingerprint density at radius 3 is 2.33 bits per heavy atom. The van der Waals surface area contributed by atoms with Crippen molar-refractivity contribution < 1.29 is 18.8 Å². The number of piperazine rings is 1. The van der Waals surface area contributed by atoms with E-state index < -0.39 is 0 Å². The predicted octanol–water partition coefficient (Wildman–Crippen LogP) is 1.75. The highest BCUT2D eigenvalue weighted by molar-refractivity contribution is 5.47. The van der Waals surface area contributed by atoms with Gasteiger partial charge in [0.2, 0.25) is 0 Å². The van der Waals surface area contributed by atoms with E-state index in [1.807, 2.05) is 24.3 Å². The van der Waals surface area contributed by atoms with E-state index in [0.717, 1.165) is 49.9 Å². The van der Waals surface area contributed by atoms with Crippen molar-refractivity contribution in [1.82, 2.24) is 0 Å². The minimum atomic E-state index is -0.187. The Bertz CT molecular complexity index is 668. The lowest BCUT2D eigenvalue weighted by Gasteiger charge is -2.34. The third-order valence-corrected chi connectivity index (χ3v) is 4.59. The van der Waals surface area contributed by atoms with Gasteiger partial charge in [-0.1, -0.05) is 6.07 Å². The van der Waals surface area contributed by atoms with Crippen LogP contribution in [0.25, 0.3) is 0 Å². The fourth-order valence-electron chi connectivity index (χ4n) is 3.27. The molecule has 1 saturated heterocycles. The normalized spacial score (nSPS) is 15.4. The van der Waals surface area contributed by atoms with Crippen LogP contribution in [0.1, 0.15) is 5.56 Å². The van der Waals surface area contributed by atoms with E-state index in [4.69, 9.17) is 9.47 Å². The number of hydrogen-bond donors (Lipinski definition) is 1. The molecule has 3 rings (SSSR count). The van der Waals surface area contributed by atoms with Crippen LogP contribution in [0.15, 0.2) is 42.5 Å². The molecule has 2 aromatic rings. The summed E-state index contributed by atoms with van der Waals surface area (Å²) in [5, 5.41) is 0. The van der Waals surface area contributed by atoms with Gasteiger partial charge in [-0.3, -0.25) is 0 Å². The minimum absolute atomic E-state index is 0.187. The van der Waals surface area contributed by atoms with E-state index in [1.165, 1.54) is 22.6 Å². The van der Waals surface area contributed by atoms with Crippen molar-refractivity contribution in [2.75, 3.05) is 45.3 Å². The Morgan fingerprint density at radius 2 is 1.71 bits per heavy atom. The lowest BCUT2D eigenvalue weighted by Crippen LogP contribution is -3.13. The van der Waals surface area contributed by atoms with Crippen LogP contribution in [0.4, 0.5) is 10.1 Å². The van der Waals surface area contributed by atoms with E-state index in [-0.39, 0.29) is 5.82 Å². The summed E-state index contributed by atoms with van der Waals surface area (Å²) in [7, 11) is 3.35. The fourth-order valence-corrected chi connectivity index (χ4v) is 3.27. The zero-order valence-corrected chi connectivity index (χ0v) is 14.2. The maximum Gasteiger partial charge on any atom is 0.169 e. The number of quaternary nitrogens is 1. The van der Waals surface area contributed by atoms with Crippen LogP contribution in [0.2, 0.25) is 0 Å². The van der Waals surface area contributed by atoms with Crippen LogP contribution in [0, 0.1) is 5.82 Å². The third kappa shape index (κ3) is 3.62. The quantitative estimate of drug-likeness (QED) is 0.904. The first-order valence-corrected chi connectivity index (χ1v) is 8.25. The second kappa shape index (κ2) is 7.53. The smallest absolute Gasteiger partial charge is 0.169 e. The largest absolute Gasteiger partial charge is 0.493 e. The number of anilines is 1. The van der Waals surface area contributed by atoms with Crippen LogP contribution < -0.4 is 19.3 Å². The second-order valence-corrected chi connectivity index (χ2v) is 6.04. The molecule has 0 aromatic heterocycles. The summed E-state index contributed by atoms with van der Waals surface area (Å²) >= 11 is 0. The molecular weight excluding hydrogens is 307 g/mol. The Morgan fingerprint density at radius 1 is 1.00 bits per heavy atom. The van der Waals surface area contributed by atoms with Gasteiger partial charge in [-0.15, -0.1) is 0 Å². The molecule has 4 nitrogen and oxygen atoms in total. The molecule has 0 unspecified atom stereocenters. The van der Waals surface area contributed by atoms with E-state index in [0.29, 0.717) is 0 Å². The molecule has 0 spiro atoms. The lowest BCUT2D eigenvalue weighted by atomic mass is 10.1. The van der Waals surface area contributed by atoms with Crippen LogP contribution in [0.5, 0.6) is 11.5 Å². The maximum atomic E-state index is 13.0. The van der Waals surface area contributed by atoms with Gasteiger partial charge < -0.3 is 19.3 Å². The zero-order valence-electron chi connectivity index (χ0n) is 14.2. The molecule has 128 valence electrons. The Balaban J connectivity index is 1.62. The topological polar surface area (TPSA) is 26.1 Å². The van der Waals surface area contributed by atoms with Crippen molar-refractivity contribution in [3.05, 3.63) is 53.8 Å². The highest BCUT2D eigenvalue weighted by Gasteiger charge is 2.22. The number of nitrogens with zero attached hydrogens (tertiary/aromatic N) is 1. The Kier molecular flexibility index (Phi) is 5.20. The average Bonchev–Trinajstić information content (AvgIpc) is 2.63. The number of benzene rings is 2. The summed E-state index contributed by atoms with van der Waals surface area (Å²) in [4.78, 5) is 3.83. The van der Waals surface area contributed by atoms with Crippen molar-refractivity contribution in [3.63, 3.8) is 0 Å².